The van der Waals surface area contributed by atoms with Gasteiger partial charge in [0.15, 0.2) is 11.5 Å². The predicted molar refractivity (Wildman–Crippen MR) is 111 cm³/mol. The summed E-state index contributed by atoms with van der Waals surface area (Å²) in [6.07, 6.45) is 10.0. The lowest BCUT2D eigenvalue weighted by Gasteiger charge is -2.32. The molecule has 30 heavy (non-hydrogen) atoms. The number of likely N-dealkylation sites (tertiary alicyclic amines) is 1. The average molecular weight is 409 g/mol. The van der Waals surface area contributed by atoms with Crippen molar-refractivity contribution in [3.63, 3.8) is 0 Å². The van der Waals surface area contributed by atoms with E-state index in [2.05, 4.69) is 37.1 Å². The molecule has 2 fully saturated rings. The third-order valence-electron chi connectivity index (χ3n) is 6.36. The van der Waals surface area contributed by atoms with Crippen molar-refractivity contribution in [2.75, 3.05) is 36.9 Å². The summed E-state index contributed by atoms with van der Waals surface area (Å²) >= 11 is 0. The van der Waals surface area contributed by atoms with Gasteiger partial charge in [0.1, 0.15) is 11.5 Å². The number of carbonyl (C=O) groups excluding carboxylic acids is 1. The fraction of sp³-hybridized carbons (Fsp3) is 0.429. The van der Waals surface area contributed by atoms with Crippen LogP contribution in [0.15, 0.2) is 30.9 Å². The fourth-order valence-electron chi connectivity index (χ4n) is 4.69. The van der Waals surface area contributed by atoms with Crippen LogP contribution < -0.4 is 10.2 Å². The van der Waals surface area contributed by atoms with Crippen molar-refractivity contribution in [1.82, 2.24) is 24.3 Å². The van der Waals surface area contributed by atoms with Crippen molar-refractivity contribution in [3.8, 4) is 0 Å². The summed E-state index contributed by atoms with van der Waals surface area (Å²) < 4.78 is 15.8. The van der Waals surface area contributed by atoms with Gasteiger partial charge in [0, 0.05) is 37.1 Å². The number of anilines is 2. The number of nitrogens with one attached hydrogen (secondary N) is 1. The van der Waals surface area contributed by atoms with Gasteiger partial charge in [-0.05, 0) is 39.8 Å². The van der Waals surface area contributed by atoms with Crippen molar-refractivity contribution in [3.05, 3.63) is 48.1 Å². The SMILES string of the molecule is Cc1cn2cc(NC(=O)c3cnc(N4CCC5(CCCN5C)C4)cn3)cc(F)c2n1. The molecule has 156 valence electrons. The number of pyridine rings is 1. The number of likely N-dealkylation sites (N-methyl/N-ethyl adjacent to an activating group) is 1. The summed E-state index contributed by atoms with van der Waals surface area (Å²) in [6, 6.07) is 1.25. The highest BCUT2D eigenvalue weighted by molar-refractivity contribution is 6.02. The summed E-state index contributed by atoms with van der Waals surface area (Å²) in [4.78, 5) is 30.1. The molecule has 1 atom stereocenters. The average Bonchev–Trinajstić information content (AvgIpc) is 3.42. The lowest BCUT2D eigenvalue weighted by Crippen LogP contribution is -2.43. The number of hydrogen-bond donors (Lipinski definition) is 1. The Labute approximate surface area is 173 Å². The number of hydrogen-bond acceptors (Lipinski definition) is 6. The van der Waals surface area contributed by atoms with Gasteiger partial charge in [0.05, 0.1) is 23.8 Å². The van der Waals surface area contributed by atoms with Gasteiger partial charge in [0.2, 0.25) is 0 Å². The Morgan fingerprint density at radius 3 is 2.80 bits per heavy atom. The number of aromatic nitrogens is 4. The first-order valence-corrected chi connectivity index (χ1v) is 10.2. The van der Waals surface area contributed by atoms with E-state index in [0.717, 1.165) is 31.9 Å². The van der Waals surface area contributed by atoms with Gasteiger partial charge < -0.3 is 14.6 Å². The molecule has 0 radical (unpaired) electrons. The maximum atomic E-state index is 14.2. The Hall–Kier alpha value is -3.07. The molecule has 0 bridgehead atoms. The number of amides is 1. The minimum atomic E-state index is -0.498. The Bertz CT molecular complexity index is 1110. The molecule has 1 spiro atoms. The fourth-order valence-corrected chi connectivity index (χ4v) is 4.69. The number of fused-ring (bicyclic) bond motifs is 1. The topological polar surface area (TPSA) is 78.7 Å². The molecule has 2 saturated heterocycles. The van der Waals surface area contributed by atoms with Gasteiger partial charge in [-0.3, -0.25) is 9.69 Å². The third-order valence-corrected chi connectivity index (χ3v) is 6.36. The quantitative estimate of drug-likeness (QED) is 0.716. The first kappa shape index (κ1) is 18.9. The summed E-state index contributed by atoms with van der Waals surface area (Å²) in [7, 11) is 2.20. The highest BCUT2D eigenvalue weighted by Gasteiger charge is 2.44. The van der Waals surface area contributed by atoms with E-state index in [9.17, 15) is 9.18 Å². The second-order valence-corrected chi connectivity index (χ2v) is 8.32. The van der Waals surface area contributed by atoms with Gasteiger partial charge in [-0.1, -0.05) is 0 Å². The zero-order chi connectivity index (χ0) is 20.9. The van der Waals surface area contributed by atoms with Crippen LogP contribution in [0.2, 0.25) is 0 Å². The number of imidazole rings is 1. The van der Waals surface area contributed by atoms with E-state index in [0.29, 0.717) is 11.4 Å². The molecule has 2 aliphatic rings. The van der Waals surface area contributed by atoms with E-state index in [4.69, 9.17) is 0 Å². The number of nitrogens with zero attached hydrogens (tertiary/aromatic N) is 6. The number of rotatable bonds is 3. The minimum absolute atomic E-state index is 0.188. The van der Waals surface area contributed by atoms with Crippen molar-refractivity contribution in [2.45, 2.75) is 31.7 Å². The largest absolute Gasteiger partial charge is 0.353 e. The van der Waals surface area contributed by atoms with E-state index in [1.54, 1.807) is 29.9 Å². The smallest absolute Gasteiger partial charge is 0.275 e. The van der Waals surface area contributed by atoms with Crippen LogP contribution in [-0.2, 0) is 0 Å². The zero-order valence-electron chi connectivity index (χ0n) is 17.1. The molecule has 0 aliphatic carbocycles. The molecular weight excluding hydrogens is 385 g/mol. The summed E-state index contributed by atoms with van der Waals surface area (Å²) in [5.41, 5.74) is 1.69. The molecule has 1 amide bonds. The van der Waals surface area contributed by atoms with Gasteiger partial charge in [0.25, 0.3) is 5.91 Å². The molecule has 0 saturated carbocycles. The van der Waals surface area contributed by atoms with Crippen molar-refractivity contribution < 1.29 is 9.18 Å². The Balaban J connectivity index is 1.29. The second kappa shape index (κ2) is 7.02. The van der Waals surface area contributed by atoms with Crippen LogP contribution in [0.3, 0.4) is 0 Å². The lowest BCUT2D eigenvalue weighted by atomic mass is 9.96. The molecule has 3 aromatic rings. The van der Waals surface area contributed by atoms with E-state index in [-0.39, 0.29) is 16.9 Å². The van der Waals surface area contributed by atoms with E-state index >= 15 is 0 Å². The van der Waals surface area contributed by atoms with E-state index < -0.39 is 11.7 Å². The van der Waals surface area contributed by atoms with Crippen LogP contribution in [0.25, 0.3) is 5.65 Å². The highest BCUT2D eigenvalue weighted by Crippen LogP contribution is 2.37. The molecule has 9 heteroatoms. The predicted octanol–water partition coefficient (Wildman–Crippen LogP) is 2.50. The molecule has 8 nitrogen and oxygen atoms in total. The molecule has 2 aliphatic heterocycles. The molecule has 1 unspecified atom stereocenters. The van der Waals surface area contributed by atoms with E-state index in [1.165, 1.54) is 25.1 Å². The van der Waals surface area contributed by atoms with Crippen LogP contribution in [0.1, 0.15) is 35.4 Å². The Morgan fingerprint density at radius 1 is 1.20 bits per heavy atom. The Morgan fingerprint density at radius 2 is 2.07 bits per heavy atom. The summed E-state index contributed by atoms with van der Waals surface area (Å²) in [5.74, 6) is -0.148. The van der Waals surface area contributed by atoms with Gasteiger partial charge in [-0.15, -0.1) is 0 Å². The highest BCUT2D eigenvalue weighted by atomic mass is 19.1. The summed E-state index contributed by atoms with van der Waals surface area (Å²) in [5, 5.41) is 2.68. The van der Waals surface area contributed by atoms with Gasteiger partial charge in [-0.25, -0.2) is 19.3 Å². The molecule has 3 aromatic heterocycles. The first-order chi connectivity index (χ1) is 14.4. The first-order valence-electron chi connectivity index (χ1n) is 10.2. The standard InChI is InChI=1S/C21H24FN7O/c1-14-11-29-12-15(8-16(22)19(29)25-14)26-20(30)17-9-24-18(10-23-17)28-7-5-21(13-28)4-3-6-27(21)2/h8-12H,3-7,13H2,1-2H3,(H,26,30). The van der Waals surface area contributed by atoms with Crippen LogP contribution in [0, 0.1) is 12.7 Å². The lowest BCUT2D eigenvalue weighted by molar-refractivity contribution is 0.102. The van der Waals surface area contributed by atoms with Crippen LogP contribution in [0.5, 0.6) is 0 Å². The normalized spacial score (nSPS) is 21.8. The Kier molecular flexibility index (Phi) is 4.43. The van der Waals surface area contributed by atoms with Crippen molar-refractivity contribution >= 4 is 23.1 Å². The van der Waals surface area contributed by atoms with Gasteiger partial charge >= 0.3 is 0 Å². The maximum absolute atomic E-state index is 14.2. The number of halogens is 1. The molecular formula is C21H24FN7O. The van der Waals surface area contributed by atoms with Crippen molar-refractivity contribution in [1.29, 1.82) is 0 Å². The van der Waals surface area contributed by atoms with Crippen LogP contribution >= 0.6 is 0 Å². The third kappa shape index (κ3) is 3.19. The van der Waals surface area contributed by atoms with Gasteiger partial charge in [-0.2, -0.15) is 0 Å². The minimum Gasteiger partial charge on any atom is -0.353 e. The molecule has 0 aromatic carbocycles. The zero-order valence-corrected chi connectivity index (χ0v) is 17.1. The maximum Gasteiger partial charge on any atom is 0.275 e. The molecule has 5 heterocycles. The summed E-state index contributed by atoms with van der Waals surface area (Å²) in [6.45, 7) is 4.81. The van der Waals surface area contributed by atoms with Crippen molar-refractivity contribution in [2.24, 2.45) is 0 Å². The number of carbonyl (C=O) groups is 1. The monoisotopic (exact) mass is 409 g/mol. The van der Waals surface area contributed by atoms with Crippen LogP contribution in [0.4, 0.5) is 15.9 Å². The molecule has 5 rings (SSSR count). The second-order valence-electron chi connectivity index (χ2n) is 8.32. The van der Waals surface area contributed by atoms with E-state index in [1.807, 2.05) is 0 Å². The molecule has 1 N–H and O–H groups in total. The van der Waals surface area contributed by atoms with Crippen LogP contribution in [-0.4, -0.2) is 62.4 Å². The number of aryl methyl sites for hydroxylation is 1.